The van der Waals surface area contributed by atoms with E-state index in [4.69, 9.17) is 10.6 Å². The molecule has 5 N–H and O–H groups in total. The molecule has 2 heterocycles. The lowest BCUT2D eigenvalue weighted by atomic mass is 10.2. The average Bonchev–Trinajstić information content (AvgIpc) is 2.95. The second-order valence-electron chi connectivity index (χ2n) is 6.02. The molecule has 0 saturated heterocycles. The Morgan fingerprint density at radius 3 is 2.39 bits per heavy atom. The highest BCUT2D eigenvalue weighted by molar-refractivity contribution is 7.66. The number of aryl methyl sites for hydroxylation is 1. The summed E-state index contributed by atoms with van der Waals surface area (Å²) in [5, 5.41) is 0. The Morgan fingerprint density at radius 1 is 1.13 bits per heavy atom. The van der Waals surface area contributed by atoms with Crippen LogP contribution in [-0.2, 0) is 44.3 Å². The van der Waals surface area contributed by atoms with Gasteiger partial charge in [0.25, 0.3) is 0 Å². The number of anilines is 1. The van der Waals surface area contributed by atoms with Crippen LogP contribution in [0.25, 0.3) is 0 Å². The molecule has 0 radical (unpaired) electrons. The van der Waals surface area contributed by atoms with Gasteiger partial charge in [0.05, 0.1) is 17.0 Å². The molecule has 0 aliphatic heterocycles. The Hall–Kier alpha value is -1.08. The van der Waals surface area contributed by atoms with E-state index in [1.54, 1.807) is 13.1 Å². The molecule has 0 amide bonds. The SMILES string of the molecule is COP(=O)(O)OP(=O)(O)OP(=O)(O)OCCc1sc[n+](Cc2cnc(C)nc2N)c1C. The van der Waals surface area contributed by atoms with Gasteiger partial charge >= 0.3 is 23.5 Å². The number of nitrogen functional groups attached to an aromatic ring is 1. The van der Waals surface area contributed by atoms with Gasteiger partial charge in [-0.25, -0.2) is 23.7 Å². The minimum absolute atomic E-state index is 0.171. The monoisotopic (exact) mass is 519 g/mol. The number of phosphoric acid groups is 3. The molecular weight excluding hydrogens is 497 g/mol. The minimum Gasteiger partial charge on any atom is -0.383 e. The van der Waals surface area contributed by atoms with E-state index >= 15 is 0 Å². The van der Waals surface area contributed by atoms with Gasteiger partial charge in [0.2, 0.25) is 5.51 Å². The second-order valence-corrected chi connectivity index (χ2v) is 11.7. The molecule has 0 spiro atoms. The number of phosphoric ester groups is 2. The van der Waals surface area contributed by atoms with Crippen LogP contribution in [0, 0.1) is 13.8 Å². The van der Waals surface area contributed by atoms with Crippen molar-refractivity contribution in [2.24, 2.45) is 0 Å². The molecule has 0 aromatic carbocycles. The fraction of sp³-hybridized carbons (Fsp3) is 0.462. The maximum Gasteiger partial charge on any atom is 0.490 e. The zero-order chi connectivity index (χ0) is 23.4. The number of nitrogens with two attached hydrogens (primary N) is 1. The molecule has 2 aromatic rings. The fourth-order valence-corrected chi connectivity index (χ4v) is 6.48. The topological polar surface area (TPSA) is 204 Å². The van der Waals surface area contributed by atoms with Crippen molar-refractivity contribution in [3.05, 3.63) is 33.7 Å². The number of aromatic nitrogens is 3. The van der Waals surface area contributed by atoms with Gasteiger partial charge in [-0.1, -0.05) is 11.3 Å². The molecule has 0 bridgehead atoms. The zero-order valence-electron chi connectivity index (χ0n) is 16.6. The van der Waals surface area contributed by atoms with Crippen molar-refractivity contribution in [1.82, 2.24) is 9.97 Å². The van der Waals surface area contributed by atoms with Crippen LogP contribution in [0.4, 0.5) is 5.82 Å². The molecule has 2 rings (SSSR count). The third kappa shape index (κ3) is 8.08. The van der Waals surface area contributed by atoms with Crippen molar-refractivity contribution < 1.29 is 50.6 Å². The molecule has 3 atom stereocenters. The van der Waals surface area contributed by atoms with Gasteiger partial charge in [-0.3, -0.25) is 9.05 Å². The van der Waals surface area contributed by atoms with Gasteiger partial charge in [0, 0.05) is 26.7 Å². The van der Waals surface area contributed by atoms with E-state index in [2.05, 4.69) is 27.6 Å². The molecule has 0 aliphatic carbocycles. The van der Waals surface area contributed by atoms with Crippen LogP contribution < -0.4 is 10.3 Å². The van der Waals surface area contributed by atoms with Crippen LogP contribution in [0.1, 0.15) is 22.0 Å². The number of thiazole rings is 1. The van der Waals surface area contributed by atoms with Gasteiger partial charge in [-0.15, -0.1) is 0 Å². The predicted octanol–water partition coefficient (Wildman–Crippen LogP) is 1.61. The molecule has 31 heavy (non-hydrogen) atoms. The molecule has 0 saturated carbocycles. The van der Waals surface area contributed by atoms with Crippen LogP contribution in [-0.4, -0.2) is 38.4 Å². The molecule has 174 valence electrons. The summed E-state index contributed by atoms with van der Waals surface area (Å²) in [5.41, 5.74) is 9.28. The highest BCUT2D eigenvalue weighted by atomic mass is 32.1. The first-order valence-corrected chi connectivity index (χ1v) is 13.8. The van der Waals surface area contributed by atoms with E-state index in [-0.39, 0.29) is 13.0 Å². The van der Waals surface area contributed by atoms with Crippen LogP contribution in [0.2, 0.25) is 0 Å². The summed E-state index contributed by atoms with van der Waals surface area (Å²) in [5.74, 6) is 0.925. The standard InChI is InChI=1S/C13H21N4O10P3S/c1-9-12(31-8-17(9)7-11-6-15-10(2)16-13(11)14)4-5-25-29(20,21)27-30(22,23)26-28(18,19)24-3/h6,8H,4-5,7H2,1-3H3,(H4-,14,15,16,18,19,20,21,22,23)/p+1. The summed E-state index contributed by atoms with van der Waals surface area (Å²) < 4.78 is 52.9. The van der Waals surface area contributed by atoms with E-state index in [1.165, 1.54) is 11.3 Å². The number of hydrogen-bond acceptors (Lipinski definition) is 11. The molecular formula is C13H22N4O10P3S+. The van der Waals surface area contributed by atoms with Crippen LogP contribution in [0.5, 0.6) is 0 Å². The molecule has 3 unspecified atom stereocenters. The summed E-state index contributed by atoms with van der Waals surface area (Å²) in [6.07, 6.45) is 1.80. The van der Waals surface area contributed by atoms with Crippen molar-refractivity contribution in [1.29, 1.82) is 0 Å². The van der Waals surface area contributed by atoms with Gasteiger partial charge in [0.15, 0.2) is 12.2 Å². The summed E-state index contributed by atoms with van der Waals surface area (Å²) in [7, 11) is -14.7. The third-order valence-electron chi connectivity index (χ3n) is 3.74. The van der Waals surface area contributed by atoms with Gasteiger partial charge in [0.1, 0.15) is 11.6 Å². The lowest BCUT2D eigenvalue weighted by Crippen LogP contribution is -2.35. The Bertz CT molecular complexity index is 1080. The molecule has 2 aromatic heterocycles. The van der Waals surface area contributed by atoms with Gasteiger partial charge in [-0.05, 0) is 6.92 Å². The Balaban J connectivity index is 1.95. The van der Waals surface area contributed by atoms with E-state index in [9.17, 15) is 23.5 Å². The predicted molar refractivity (Wildman–Crippen MR) is 108 cm³/mol. The fourth-order valence-electron chi connectivity index (χ4n) is 2.25. The smallest absolute Gasteiger partial charge is 0.383 e. The maximum absolute atomic E-state index is 11.8. The van der Waals surface area contributed by atoms with Crippen molar-refractivity contribution in [2.75, 3.05) is 19.5 Å². The normalized spacial score (nSPS) is 17.6. The van der Waals surface area contributed by atoms with Crippen LogP contribution in [0.3, 0.4) is 0 Å². The molecule has 14 nitrogen and oxygen atoms in total. The Labute approximate surface area is 181 Å². The van der Waals surface area contributed by atoms with Crippen molar-refractivity contribution in [3.63, 3.8) is 0 Å². The first kappa shape index (κ1) is 26.2. The van der Waals surface area contributed by atoms with E-state index in [0.29, 0.717) is 18.2 Å². The number of nitrogens with zero attached hydrogens (tertiary/aromatic N) is 3. The number of hydrogen-bond donors (Lipinski definition) is 4. The lowest BCUT2D eigenvalue weighted by molar-refractivity contribution is -0.689. The van der Waals surface area contributed by atoms with Crippen molar-refractivity contribution in [3.8, 4) is 0 Å². The second kappa shape index (κ2) is 10.2. The Kier molecular flexibility index (Phi) is 8.65. The third-order valence-corrected chi connectivity index (χ3v) is 9.16. The quantitative estimate of drug-likeness (QED) is 0.246. The van der Waals surface area contributed by atoms with E-state index < -0.39 is 23.5 Å². The summed E-state index contributed by atoms with van der Waals surface area (Å²) in [6, 6.07) is 0. The average molecular weight is 519 g/mol. The maximum atomic E-state index is 11.8. The van der Waals surface area contributed by atoms with Crippen molar-refractivity contribution in [2.45, 2.75) is 26.8 Å². The first-order valence-electron chi connectivity index (χ1n) is 8.39. The first-order chi connectivity index (χ1) is 14.2. The summed E-state index contributed by atoms with van der Waals surface area (Å²) in [6.45, 7) is 3.62. The zero-order valence-corrected chi connectivity index (χ0v) is 20.1. The minimum atomic E-state index is -5.42. The van der Waals surface area contributed by atoms with E-state index in [1.807, 2.05) is 17.0 Å². The largest absolute Gasteiger partial charge is 0.490 e. The van der Waals surface area contributed by atoms with Crippen LogP contribution in [0.15, 0.2) is 11.7 Å². The lowest BCUT2D eigenvalue weighted by Gasteiger charge is -2.17. The van der Waals surface area contributed by atoms with Crippen molar-refractivity contribution >= 4 is 40.6 Å². The highest BCUT2D eigenvalue weighted by Gasteiger charge is 2.41. The Morgan fingerprint density at radius 2 is 1.77 bits per heavy atom. The molecule has 18 heteroatoms. The highest BCUT2D eigenvalue weighted by Crippen LogP contribution is 2.67. The van der Waals surface area contributed by atoms with E-state index in [0.717, 1.165) is 23.2 Å². The molecule has 0 fully saturated rings. The molecule has 0 aliphatic rings. The number of rotatable bonds is 11. The van der Waals surface area contributed by atoms with Crippen LogP contribution >= 0.6 is 34.8 Å². The summed E-state index contributed by atoms with van der Waals surface area (Å²) >= 11 is 1.35. The summed E-state index contributed by atoms with van der Waals surface area (Å²) in [4.78, 5) is 36.9. The van der Waals surface area contributed by atoms with Gasteiger partial charge in [-0.2, -0.15) is 13.2 Å². The van der Waals surface area contributed by atoms with Gasteiger partial charge < -0.3 is 20.4 Å².